The minimum atomic E-state index is -0.0789. The lowest BCUT2D eigenvalue weighted by Crippen LogP contribution is -2.36. The number of carbonyl (C=O) groups is 1. The lowest BCUT2D eigenvalue weighted by Gasteiger charge is -2.20. The summed E-state index contributed by atoms with van der Waals surface area (Å²) < 4.78 is 5.43. The maximum Gasteiger partial charge on any atom is 0.261 e. The molecule has 100 valence electrons. The van der Waals surface area contributed by atoms with Gasteiger partial charge in [-0.05, 0) is 37.0 Å². The number of nitrogens with zero attached hydrogens (tertiary/aromatic N) is 1. The van der Waals surface area contributed by atoms with Crippen molar-refractivity contribution in [2.45, 2.75) is 12.8 Å². The molecule has 19 heavy (non-hydrogen) atoms. The Hall–Kier alpha value is -1.66. The smallest absolute Gasteiger partial charge is 0.261 e. The highest BCUT2D eigenvalue weighted by Gasteiger charge is 2.26. The van der Waals surface area contributed by atoms with E-state index < -0.39 is 0 Å². The molecule has 2 rings (SSSR count). The number of hydrogen-bond donors (Lipinski definition) is 0. The Kier molecular flexibility index (Phi) is 4.70. The van der Waals surface area contributed by atoms with Gasteiger partial charge in [-0.1, -0.05) is 23.6 Å². The molecule has 1 amide bonds. The molecule has 0 unspecified atom stereocenters. The quantitative estimate of drug-likeness (QED) is 0.748. The second kappa shape index (κ2) is 6.49. The lowest BCUT2D eigenvalue weighted by molar-refractivity contribution is -0.133. The SMILES string of the molecule is C#CCN(CC1CC1)C(=O)COc1cccc(Cl)c1. The highest BCUT2D eigenvalue weighted by molar-refractivity contribution is 6.30. The Bertz CT molecular complexity index is 491. The van der Waals surface area contributed by atoms with E-state index >= 15 is 0 Å². The van der Waals surface area contributed by atoms with Crippen LogP contribution >= 0.6 is 11.6 Å². The third-order valence-electron chi connectivity index (χ3n) is 2.97. The molecule has 0 bridgehead atoms. The van der Waals surface area contributed by atoms with Gasteiger partial charge in [0.15, 0.2) is 6.61 Å². The van der Waals surface area contributed by atoms with E-state index in [-0.39, 0.29) is 12.5 Å². The summed E-state index contributed by atoms with van der Waals surface area (Å²) in [6.45, 7) is 1.07. The van der Waals surface area contributed by atoms with Gasteiger partial charge in [-0.15, -0.1) is 6.42 Å². The average Bonchev–Trinajstić information content (AvgIpc) is 3.19. The van der Waals surface area contributed by atoms with Crippen LogP contribution in [-0.4, -0.2) is 30.5 Å². The summed E-state index contributed by atoms with van der Waals surface area (Å²) in [6.07, 6.45) is 7.66. The van der Waals surface area contributed by atoms with Gasteiger partial charge in [0.25, 0.3) is 5.91 Å². The first-order valence-corrected chi connectivity index (χ1v) is 6.66. The van der Waals surface area contributed by atoms with Gasteiger partial charge >= 0.3 is 0 Å². The van der Waals surface area contributed by atoms with E-state index in [4.69, 9.17) is 22.8 Å². The number of ether oxygens (including phenoxy) is 1. The zero-order valence-electron chi connectivity index (χ0n) is 10.6. The minimum absolute atomic E-state index is 0.00522. The molecule has 1 fully saturated rings. The van der Waals surface area contributed by atoms with Crippen molar-refractivity contribution in [1.82, 2.24) is 4.90 Å². The molecule has 0 saturated heterocycles. The topological polar surface area (TPSA) is 29.5 Å². The lowest BCUT2D eigenvalue weighted by atomic mass is 10.3. The van der Waals surface area contributed by atoms with Gasteiger partial charge in [-0.25, -0.2) is 0 Å². The van der Waals surface area contributed by atoms with Gasteiger partial charge in [0.2, 0.25) is 0 Å². The highest BCUT2D eigenvalue weighted by Crippen LogP contribution is 2.29. The van der Waals surface area contributed by atoms with Crippen molar-refractivity contribution in [3.8, 4) is 18.1 Å². The molecule has 4 heteroatoms. The van der Waals surface area contributed by atoms with Crippen molar-refractivity contribution in [1.29, 1.82) is 0 Å². The van der Waals surface area contributed by atoms with Crippen LogP contribution in [0.5, 0.6) is 5.75 Å². The van der Waals surface area contributed by atoms with Crippen LogP contribution < -0.4 is 4.74 Å². The molecule has 0 aliphatic heterocycles. The molecule has 0 spiro atoms. The van der Waals surface area contributed by atoms with E-state index in [9.17, 15) is 4.79 Å². The second-order valence-electron chi connectivity index (χ2n) is 4.67. The van der Waals surface area contributed by atoms with Crippen LogP contribution in [0.2, 0.25) is 5.02 Å². The summed E-state index contributed by atoms with van der Waals surface area (Å²) >= 11 is 5.85. The predicted octanol–water partition coefficient (Wildman–Crippen LogP) is 2.59. The minimum Gasteiger partial charge on any atom is -0.484 e. The molecule has 0 atom stereocenters. The third-order valence-corrected chi connectivity index (χ3v) is 3.20. The van der Waals surface area contributed by atoms with Gasteiger partial charge in [0.05, 0.1) is 6.54 Å². The maximum atomic E-state index is 12.0. The van der Waals surface area contributed by atoms with Gasteiger partial charge < -0.3 is 9.64 Å². The molecule has 1 saturated carbocycles. The highest BCUT2D eigenvalue weighted by atomic mass is 35.5. The molecule has 0 aromatic heterocycles. The summed E-state index contributed by atoms with van der Waals surface area (Å²) in [4.78, 5) is 13.7. The van der Waals surface area contributed by atoms with Crippen molar-refractivity contribution in [3.05, 3.63) is 29.3 Å². The summed E-state index contributed by atoms with van der Waals surface area (Å²) in [6, 6.07) is 6.99. The molecule has 1 aliphatic carbocycles. The zero-order valence-corrected chi connectivity index (χ0v) is 11.4. The first-order chi connectivity index (χ1) is 9.19. The van der Waals surface area contributed by atoms with Gasteiger partial charge in [0.1, 0.15) is 5.75 Å². The average molecular weight is 278 g/mol. The van der Waals surface area contributed by atoms with E-state index in [1.165, 1.54) is 12.8 Å². The monoisotopic (exact) mass is 277 g/mol. The Morgan fingerprint density at radius 3 is 2.95 bits per heavy atom. The van der Waals surface area contributed by atoms with Crippen molar-refractivity contribution in [3.63, 3.8) is 0 Å². The summed E-state index contributed by atoms with van der Waals surface area (Å²) in [5.41, 5.74) is 0. The maximum absolute atomic E-state index is 12.0. The Balaban J connectivity index is 1.86. The predicted molar refractivity (Wildman–Crippen MR) is 75.1 cm³/mol. The van der Waals surface area contributed by atoms with E-state index in [0.717, 1.165) is 6.54 Å². The van der Waals surface area contributed by atoms with E-state index in [2.05, 4.69) is 5.92 Å². The standard InChI is InChI=1S/C15H16ClNO2/c1-2-8-17(10-12-6-7-12)15(18)11-19-14-5-3-4-13(16)9-14/h1,3-5,9,12H,6-8,10-11H2. The molecule has 1 aliphatic rings. The van der Waals surface area contributed by atoms with Crippen LogP contribution in [0.4, 0.5) is 0 Å². The largest absolute Gasteiger partial charge is 0.484 e. The fraction of sp³-hybridized carbons (Fsp3) is 0.400. The number of terminal acetylenes is 1. The Labute approximate surface area is 118 Å². The normalized spacial score (nSPS) is 13.7. The Morgan fingerprint density at radius 1 is 1.53 bits per heavy atom. The molecule has 0 heterocycles. The Morgan fingerprint density at radius 2 is 2.32 bits per heavy atom. The molecule has 3 nitrogen and oxygen atoms in total. The van der Waals surface area contributed by atoms with Gasteiger partial charge in [-0.2, -0.15) is 0 Å². The number of rotatable bonds is 6. The van der Waals surface area contributed by atoms with E-state index in [0.29, 0.717) is 23.2 Å². The number of hydrogen-bond acceptors (Lipinski definition) is 2. The number of amides is 1. The van der Waals surface area contributed by atoms with Crippen molar-refractivity contribution >= 4 is 17.5 Å². The van der Waals surface area contributed by atoms with E-state index in [1.807, 2.05) is 0 Å². The molecule has 0 N–H and O–H groups in total. The third kappa shape index (κ3) is 4.50. The molecule has 1 aromatic carbocycles. The molecular formula is C15H16ClNO2. The van der Waals surface area contributed by atoms with Gasteiger partial charge in [0, 0.05) is 11.6 Å². The second-order valence-corrected chi connectivity index (χ2v) is 5.10. The first-order valence-electron chi connectivity index (χ1n) is 6.28. The zero-order chi connectivity index (χ0) is 13.7. The molecule has 0 radical (unpaired) electrons. The van der Waals surface area contributed by atoms with Crippen LogP contribution in [0.25, 0.3) is 0 Å². The van der Waals surface area contributed by atoms with E-state index in [1.54, 1.807) is 29.2 Å². The number of halogens is 1. The van der Waals surface area contributed by atoms with Gasteiger partial charge in [-0.3, -0.25) is 4.79 Å². The van der Waals surface area contributed by atoms with Crippen molar-refractivity contribution < 1.29 is 9.53 Å². The number of benzene rings is 1. The fourth-order valence-corrected chi connectivity index (χ4v) is 1.95. The van der Waals surface area contributed by atoms with Crippen LogP contribution in [0, 0.1) is 18.3 Å². The summed E-state index contributed by atoms with van der Waals surface area (Å²) in [5.74, 6) is 3.64. The number of carbonyl (C=O) groups excluding carboxylic acids is 1. The molecule has 1 aromatic rings. The first kappa shape index (κ1) is 13.8. The fourth-order valence-electron chi connectivity index (χ4n) is 1.77. The van der Waals surface area contributed by atoms with Crippen LogP contribution in [0.3, 0.4) is 0 Å². The van der Waals surface area contributed by atoms with Crippen LogP contribution in [0.1, 0.15) is 12.8 Å². The molecular weight excluding hydrogens is 262 g/mol. The van der Waals surface area contributed by atoms with Crippen molar-refractivity contribution in [2.75, 3.05) is 19.7 Å². The van der Waals surface area contributed by atoms with Crippen molar-refractivity contribution in [2.24, 2.45) is 5.92 Å². The summed E-state index contributed by atoms with van der Waals surface area (Å²) in [7, 11) is 0. The summed E-state index contributed by atoms with van der Waals surface area (Å²) in [5, 5.41) is 0.586. The van der Waals surface area contributed by atoms with Crippen LogP contribution in [0.15, 0.2) is 24.3 Å². The van der Waals surface area contributed by atoms with Crippen LogP contribution in [-0.2, 0) is 4.79 Å².